The van der Waals surface area contributed by atoms with Crippen LogP contribution in [0.3, 0.4) is 0 Å². The van der Waals surface area contributed by atoms with Crippen molar-refractivity contribution in [3.63, 3.8) is 0 Å². The Bertz CT molecular complexity index is 184. The third-order valence-corrected chi connectivity index (χ3v) is 2.14. The third kappa shape index (κ3) is 13.2. The molecule has 0 saturated heterocycles. The first-order valence-electron chi connectivity index (χ1n) is 6.16. The molecule has 0 heteroatoms. The molecule has 0 heterocycles. The number of allylic oxidation sites excluding steroid dienone is 6. The lowest BCUT2D eigenvalue weighted by Crippen LogP contribution is -1.67. The smallest absolute Gasteiger partial charge is 0.0169 e. The molecule has 0 aromatic carbocycles. The largest absolute Gasteiger partial charge is 0.0882 e. The van der Waals surface area contributed by atoms with Gasteiger partial charge >= 0.3 is 0 Å². The van der Waals surface area contributed by atoms with Crippen molar-refractivity contribution in [3.8, 4) is 0 Å². The first-order chi connectivity index (χ1) is 7.41. The van der Waals surface area contributed by atoms with Crippen molar-refractivity contribution in [1.29, 1.82) is 0 Å². The molecule has 15 heavy (non-hydrogen) atoms. The molecule has 0 aromatic heterocycles. The highest BCUT2D eigenvalue weighted by molar-refractivity contribution is 4.97. The molecule has 0 aliphatic heterocycles. The molecule has 0 atom stereocenters. The van der Waals surface area contributed by atoms with Gasteiger partial charge in [-0.1, -0.05) is 63.1 Å². The lowest BCUT2D eigenvalue weighted by molar-refractivity contribution is 0.813. The molecule has 0 fully saturated rings. The van der Waals surface area contributed by atoms with Gasteiger partial charge in [0.2, 0.25) is 0 Å². The van der Waals surface area contributed by atoms with Gasteiger partial charge in [-0.2, -0.15) is 0 Å². The van der Waals surface area contributed by atoms with Crippen molar-refractivity contribution >= 4 is 0 Å². The maximum absolute atomic E-state index is 3.79. The van der Waals surface area contributed by atoms with Gasteiger partial charge in [-0.05, 0) is 32.1 Å². The minimum Gasteiger partial charge on any atom is -0.0882 e. The standard InChI is InChI=1S/C15H25/c1-3-5-7-9-11-13-15-14-12-10-8-6-4-2/h7,9-10,12-13,15H,1,3-6,8,11,14H2,2H3. The highest BCUT2D eigenvalue weighted by atomic mass is 13.8. The van der Waals surface area contributed by atoms with Gasteiger partial charge in [0, 0.05) is 0 Å². The van der Waals surface area contributed by atoms with Crippen LogP contribution in [0, 0.1) is 6.92 Å². The average molecular weight is 205 g/mol. The maximum Gasteiger partial charge on any atom is -0.0169 e. The average Bonchev–Trinajstić information content (AvgIpc) is 2.26. The Hall–Kier alpha value is -0.780. The summed E-state index contributed by atoms with van der Waals surface area (Å²) in [6.45, 7) is 6.02. The molecular weight excluding hydrogens is 180 g/mol. The summed E-state index contributed by atoms with van der Waals surface area (Å²) in [5.41, 5.74) is 0. The van der Waals surface area contributed by atoms with E-state index in [1.807, 2.05) is 0 Å². The Balaban J connectivity index is 3.27. The molecule has 0 N–H and O–H groups in total. The second-order valence-corrected chi connectivity index (χ2v) is 3.67. The molecule has 0 nitrogen and oxygen atoms in total. The van der Waals surface area contributed by atoms with E-state index in [4.69, 9.17) is 0 Å². The Morgan fingerprint density at radius 1 is 0.800 bits per heavy atom. The van der Waals surface area contributed by atoms with Gasteiger partial charge in [-0.3, -0.25) is 0 Å². The topological polar surface area (TPSA) is 0 Å². The van der Waals surface area contributed by atoms with Gasteiger partial charge in [0.25, 0.3) is 0 Å². The normalized spacial score (nSPS) is 12.4. The Labute approximate surface area is 95.8 Å². The van der Waals surface area contributed by atoms with Gasteiger partial charge in [-0.25, -0.2) is 0 Å². The summed E-state index contributed by atoms with van der Waals surface area (Å²) >= 11 is 0. The fraction of sp³-hybridized carbons (Fsp3) is 0.533. The highest BCUT2D eigenvalue weighted by Crippen LogP contribution is 1.97. The minimum atomic E-state index is 1.00. The SMILES string of the molecule is [CH2]CCC=CCC=CCC=CCCCC. The highest BCUT2D eigenvalue weighted by Gasteiger charge is 1.77. The molecule has 85 valence electrons. The predicted octanol–water partition coefficient (Wildman–Crippen LogP) is 5.24. The van der Waals surface area contributed by atoms with E-state index in [0.29, 0.717) is 0 Å². The van der Waals surface area contributed by atoms with Crippen LogP contribution in [0.15, 0.2) is 36.5 Å². The molecule has 0 spiro atoms. The number of unbranched alkanes of at least 4 members (excludes halogenated alkanes) is 3. The molecule has 0 aliphatic carbocycles. The van der Waals surface area contributed by atoms with Crippen LogP contribution in [0.25, 0.3) is 0 Å². The van der Waals surface area contributed by atoms with Crippen molar-refractivity contribution in [2.75, 3.05) is 0 Å². The summed E-state index contributed by atoms with van der Waals surface area (Å²) in [7, 11) is 0. The van der Waals surface area contributed by atoms with Crippen molar-refractivity contribution in [2.45, 2.75) is 51.9 Å². The van der Waals surface area contributed by atoms with E-state index in [0.717, 1.165) is 25.7 Å². The molecule has 1 radical (unpaired) electrons. The zero-order chi connectivity index (χ0) is 11.2. The summed E-state index contributed by atoms with van der Waals surface area (Å²) in [6, 6.07) is 0. The van der Waals surface area contributed by atoms with Gasteiger partial charge in [0.15, 0.2) is 0 Å². The van der Waals surface area contributed by atoms with E-state index in [9.17, 15) is 0 Å². The van der Waals surface area contributed by atoms with Crippen molar-refractivity contribution < 1.29 is 0 Å². The van der Waals surface area contributed by atoms with E-state index < -0.39 is 0 Å². The summed E-state index contributed by atoms with van der Waals surface area (Å²) < 4.78 is 0. The zero-order valence-corrected chi connectivity index (χ0v) is 10.1. The fourth-order valence-corrected chi connectivity index (χ4v) is 1.22. The lowest BCUT2D eigenvalue weighted by atomic mass is 10.2. The number of rotatable bonds is 9. The molecule has 0 rings (SSSR count). The molecule has 0 aromatic rings. The van der Waals surface area contributed by atoms with Gasteiger partial charge in [0.05, 0.1) is 0 Å². The van der Waals surface area contributed by atoms with Crippen molar-refractivity contribution in [1.82, 2.24) is 0 Å². The van der Waals surface area contributed by atoms with Crippen molar-refractivity contribution in [3.05, 3.63) is 43.4 Å². The second kappa shape index (κ2) is 13.2. The van der Waals surface area contributed by atoms with Crippen LogP contribution in [0.2, 0.25) is 0 Å². The summed E-state index contributed by atoms with van der Waals surface area (Å²) in [5.74, 6) is 0. The van der Waals surface area contributed by atoms with E-state index in [2.05, 4.69) is 50.3 Å². The van der Waals surface area contributed by atoms with E-state index in [1.165, 1.54) is 19.3 Å². The van der Waals surface area contributed by atoms with Crippen LogP contribution in [-0.2, 0) is 0 Å². The molecule has 0 unspecified atom stereocenters. The van der Waals surface area contributed by atoms with Crippen LogP contribution in [0.1, 0.15) is 51.9 Å². The van der Waals surface area contributed by atoms with E-state index in [-0.39, 0.29) is 0 Å². The quantitative estimate of drug-likeness (QED) is 0.357. The van der Waals surface area contributed by atoms with Gasteiger partial charge in [-0.15, -0.1) is 0 Å². The van der Waals surface area contributed by atoms with E-state index >= 15 is 0 Å². The van der Waals surface area contributed by atoms with E-state index in [1.54, 1.807) is 0 Å². The number of hydrogen-bond donors (Lipinski definition) is 0. The number of hydrogen-bond acceptors (Lipinski definition) is 0. The molecule has 0 saturated carbocycles. The maximum atomic E-state index is 3.79. The first-order valence-corrected chi connectivity index (χ1v) is 6.16. The van der Waals surface area contributed by atoms with Gasteiger partial charge < -0.3 is 0 Å². The van der Waals surface area contributed by atoms with Crippen molar-refractivity contribution in [2.24, 2.45) is 0 Å². The zero-order valence-electron chi connectivity index (χ0n) is 10.1. The summed E-state index contributed by atoms with van der Waals surface area (Å²) in [4.78, 5) is 0. The first kappa shape index (κ1) is 14.2. The molecule has 0 aliphatic rings. The fourth-order valence-electron chi connectivity index (χ4n) is 1.22. The second-order valence-electron chi connectivity index (χ2n) is 3.67. The third-order valence-electron chi connectivity index (χ3n) is 2.14. The summed E-state index contributed by atoms with van der Waals surface area (Å²) in [5, 5.41) is 0. The van der Waals surface area contributed by atoms with Crippen LogP contribution in [0.5, 0.6) is 0 Å². The lowest BCUT2D eigenvalue weighted by Gasteiger charge is -1.87. The summed E-state index contributed by atoms with van der Waals surface area (Å²) in [6.07, 6.45) is 21.5. The molecular formula is C15H25. The Kier molecular flexibility index (Phi) is 12.5. The predicted molar refractivity (Wildman–Crippen MR) is 70.8 cm³/mol. The Morgan fingerprint density at radius 3 is 1.87 bits per heavy atom. The van der Waals surface area contributed by atoms with Gasteiger partial charge in [0.1, 0.15) is 0 Å². The Morgan fingerprint density at radius 2 is 1.33 bits per heavy atom. The van der Waals surface area contributed by atoms with Crippen LogP contribution >= 0.6 is 0 Å². The molecule has 0 bridgehead atoms. The van der Waals surface area contributed by atoms with Crippen LogP contribution in [-0.4, -0.2) is 0 Å². The monoisotopic (exact) mass is 205 g/mol. The minimum absolute atomic E-state index is 1.00. The van der Waals surface area contributed by atoms with Crippen LogP contribution in [0.4, 0.5) is 0 Å². The van der Waals surface area contributed by atoms with Crippen LogP contribution < -0.4 is 0 Å². The molecule has 0 amide bonds.